The van der Waals surface area contributed by atoms with Crippen LogP contribution in [0.2, 0.25) is 0 Å². The van der Waals surface area contributed by atoms with Crippen LogP contribution in [0.25, 0.3) is 0 Å². The topological polar surface area (TPSA) is 62.6 Å². The number of amides is 2. The van der Waals surface area contributed by atoms with E-state index in [-0.39, 0.29) is 17.6 Å². The van der Waals surface area contributed by atoms with Gasteiger partial charge < -0.3 is 14.6 Å². The number of nitrogens with one attached hydrogen (secondary N) is 1. The van der Waals surface area contributed by atoms with Gasteiger partial charge in [0, 0.05) is 20.5 Å². The lowest BCUT2D eigenvalue weighted by Gasteiger charge is -2.17. The highest BCUT2D eigenvalue weighted by molar-refractivity contribution is 5.95. The summed E-state index contributed by atoms with van der Waals surface area (Å²) in [5.74, 6) is 0.468. The highest BCUT2D eigenvalue weighted by Crippen LogP contribution is 2.08. The van der Waals surface area contributed by atoms with Gasteiger partial charge in [-0.3, -0.25) is 9.59 Å². The van der Waals surface area contributed by atoms with Gasteiger partial charge in [-0.15, -0.1) is 0 Å². The van der Waals surface area contributed by atoms with E-state index in [4.69, 9.17) is 4.42 Å². The van der Waals surface area contributed by atoms with Crippen LogP contribution in [0.5, 0.6) is 0 Å². The van der Waals surface area contributed by atoms with Crippen molar-refractivity contribution in [2.24, 2.45) is 0 Å². The van der Waals surface area contributed by atoms with Crippen molar-refractivity contribution < 1.29 is 14.0 Å². The molecule has 1 heterocycles. The smallest absolute Gasteiger partial charge is 0.287 e. The molecule has 0 aliphatic rings. The van der Waals surface area contributed by atoms with Crippen molar-refractivity contribution in [2.45, 2.75) is 26.3 Å². The maximum absolute atomic E-state index is 11.7. The SMILES string of the molecule is CCc1ccc(C(=O)NC(C)C(=O)N(C)C)o1. The molecule has 0 radical (unpaired) electrons. The molecule has 5 nitrogen and oxygen atoms in total. The summed E-state index contributed by atoms with van der Waals surface area (Å²) in [7, 11) is 3.29. The maximum atomic E-state index is 11.7. The number of nitrogens with zero attached hydrogens (tertiary/aromatic N) is 1. The third kappa shape index (κ3) is 3.34. The van der Waals surface area contributed by atoms with Gasteiger partial charge in [0.2, 0.25) is 5.91 Å². The van der Waals surface area contributed by atoms with Gasteiger partial charge >= 0.3 is 0 Å². The van der Waals surface area contributed by atoms with Crippen LogP contribution in [-0.4, -0.2) is 36.9 Å². The van der Waals surface area contributed by atoms with E-state index in [1.807, 2.05) is 6.92 Å². The maximum Gasteiger partial charge on any atom is 0.287 e. The highest BCUT2D eigenvalue weighted by atomic mass is 16.3. The van der Waals surface area contributed by atoms with Crippen LogP contribution < -0.4 is 5.32 Å². The molecule has 0 saturated carbocycles. The molecule has 1 atom stereocenters. The van der Waals surface area contributed by atoms with E-state index >= 15 is 0 Å². The van der Waals surface area contributed by atoms with E-state index in [0.29, 0.717) is 0 Å². The minimum Gasteiger partial charge on any atom is -0.456 e. The van der Waals surface area contributed by atoms with Crippen LogP contribution in [0.4, 0.5) is 0 Å². The van der Waals surface area contributed by atoms with Crippen LogP contribution in [0.15, 0.2) is 16.5 Å². The zero-order valence-electron chi connectivity index (χ0n) is 10.6. The monoisotopic (exact) mass is 238 g/mol. The number of hydrogen-bond donors (Lipinski definition) is 1. The molecule has 5 heteroatoms. The molecular formula is C12H18N2O3. The normalized spacial score (nSPS) is 12.0. The summed E-state index contributed by atoms with van der Waals surface area (Å²) >= 11 is 0. The van der Waals surface area contributed by atoms with Gasteiger partial charge in [0.1, 0.15) is 11.8 Å². The molecule has 94 valence electrons. The molecule has 1 unspecified atom stereocenters. The number of hydrogen-bond acceptors (Lipinski definition) is 3. The number of likely N-dealkylation sites (N-methyl/N-ethyl adjacent to an activating group) is 1. The molecule has 17 heavy (non-hydrogen) atoms. The minimum atomic E-state index is -0.562. The van der Waals surface area contributed by atoms with Crippen molar-refractivity contribution in [3.63, 3.8) is 0 Å². The van der Waals surface area contributed by atoms with Crippen molar-refractivity contribution in [1.29, 1.82) is 0 Å². The molecule has 1 rings (SSSR count). The first-order valence-corrected chi connectivity index (χ1v) is 5.56. The Morgan fingerprint density at radius 3 is 2.53 bits per heavy atom. The van der Waals surface area contributed by atoms with Gasteiger partial charge in [-0.1, -0.05) is 6.92 Å². The number of carbonyl (C=O) groups excluding carboxylic acids is 2. The zero-order valence-corrected chi connectivity index (χ0v) is 10.6. The fraction of sp³-hybridized carbons (Fsp3) is 0.500. The minimum absolute atomic E-state index is 0.152. The molecule has 0 fully saturated rings. The second-order valence-electron chi connectivity index (χ2n) is 4.05. The van der Waals surface area contributed by atoms with E-state index in [0.717, 1.165) is 12.2 Å². The number of aryl methyl sites for hydroxylation is 1. The molecule has 0 aromatic carbocycles. The van der Waals surface area contributed by atoms with Gasteiger partial charge in [0.25, 0.3) is 5.91 Å². The lowest BCUT2D eigenvalue weighted by Crippen LogP contribution is -2.44. The lowest BCUT2D eigenvalue weighted by atomic mass is 10.3. The zero-order chi connectivity index (χ0) is 13.0. The predicted molar refractivity (Wildman–Crippen MR) is 63.7 cm³/mol. The Hall–Kier alpha value is -1.78. The van der Waals surface area contributed by atoms with Crippen molar-refractivity contribution in [3.05, 3.63) is 23.7 Å². The second kappa shape index (κ2) is 5.52. The Morgan fingerprint density at radius 1 is 1.41 bits per heavy atom. The number of rotatable bonds is 4. The van der Waals surface area contributed by atoms with Gasteiger partial charge in [-0.25, -0.2) is 0 Å². The van der Waals surface area contributed by atoms with E-state index in [1.165, 1.54) is 4.90 Å². The summed E-state index contributed by atoms with van der Waals surface area (Å²) in [5, 5.41) is 2.59. The van der Waals surface area contributed by atoms with Gasteiger partial charge in [0.15, 0.2) is 5.76 Å². The molecular weight excluding hydrogens is 220 g/mol. The standard InChI is InChI=1S/C12H18N2O3/c1-5-9-6-7-10(17-9)11(15)13-8(2)12(16)14(3)4/h6-8H,5H2,1-4H3,(H,13,15). The van der Waals surface area contributed by atoms with Crippen LogP contribution in [-0.2, 0) is 11.2 Å². The van der Waals surface area contributed by atoms with Gasteiger partial charge in [0.05, 0.1) is 0 Å². The molecule has 0 bridgehead atoms. The van der Waals surface area contributed by atoms with Crippen LogP contribution >= 0.6 is 0 Å². The Morgan fingerprint density at radius 2 is 2.06 bits per heavy atom. The Kier molecular flexibility index (Phi) is 4.31. The Labute approximate surface area is 101 Å². The summed E-state index contributed by atoms with van der Waals surface area (Å²) < 4.78 is 5.30. The molecule has 1 aromatic rings. The quantitative estimate of drug-likeness (QED) is 0.852. The van der Waals surface area contributed by atoms with Crippen molar-refractivity contribution in [3.8, 4) is 0 Å². The lowest BCUT2D eigenvalue weighted by molar-refractivity contribution is -0.130. The first kappa shape index (κ1) is 13.3. The molecule has 0 aliphatic heterocycles. The van der Waals surface area contributed by atoms with E-state index in [9.17, 15) is 9.59 Å². The van der Waals surface area contributed by atoms with E-state index < -0.39 is 6.04 Å². The molecule has 0 spiro atoms. The summed E-state index contributed by atoms with van der Waals surface area (Å²) in [6, 6.07) is 2.81. The summed E-state index contributed by atoms with van der Waals surface area (Å²) in [5.41, 5.74) is 0. The third-order valence-corrected chi connectivity index (χ3v) is 2.39. The fourth-order valence-electron chi connectivity index (χ4n) is 1.41. The van der Waals surface area contributed by atoms with Crippen molar-refractivity contribution >= 4 is 11.8 Å². The highest BCUT2D eigenvalue weighted by Gasteiger charge is 2.19. The van der Waals surface area contributed by atoms with Gasteiger partial charge in [-0.05, 0) is 19.1 Å². The van der Waals surface area contributed by atoms with E-state index in [2.05, 4.69) is 5.32 Å². The average Bonchev–Trinajstić information content (AvgIpc) is 2.76. The Balaban J connectivity index is 2.63. The third-order valence-electron chi connectivity index (χ3n) is 2.39. The van der Waals surface area contributed by atoms with Crippen LogP contribution in [0, 0.1) is 0 Å². The summed E-state index contributed by atoms with van der Waals surface area (Å²) in [6.45, 7) is 3.59. The fourth-order valence-corrected chi connectivity index (χ4v) is 1.41. The summed E-state index contributed by atoms with van der Waals surface area (Å²) in [6.07, 6.45) is 0.736. The largest absolute Gasteiger partial charge is 0.456 e. The predicted octanol–water partition coefficient (Wildman–Crippen LogP) is 1.05. The molecule has 0 saturated heterocycles. The number of carbonyl (C=O) groups is 2. The van der Waals surface area contributed by atoms with E-state index in [1.54, 1.807) is 33.2 Å². The molecule has 0 aliphatic carbocycles. The van der Waals surface area contributed by atoms with Crippen LogP contribution in [0.1, 0.15) is 30.2 Å². The molecule has 2 amide bonds. The first-order valence-electron chi connectivity index (χ1n) is 5.56. The Bertz CT molecular complexity index is 410. The number of furan rings is 1. The first-order chi connectivity index (χ1) is 7.95. The summed E-state index contributed by atoms with van der Waals surface area (Å²) in [4.78, 5) is 24.7. The van der Waals surface area contributed by atoms with Crippen LogP contribution in [0.3, 0.4) is 0 Å². The molecule has 1 N–H and O–H groups in total. The second-order valence-corrected chi connectivity index (χ2v) is 4.05. The van der Waals surface area contributed by atoms with Crippen molar-refractivity contribution in [1.82, 2.24) is 10.2 Å². The van der Waals surface area contributed by atoms with Crippen molar-refractivity contribution in [2.75, 3.05) is 14.1 Å². The average molecular weight is 238 g/mol. The molecule has 1 aromatic heterocycles. The van der Waals surface area contributed by atoms with Gasteiger partial charge in [-0.2, -0.15) is 0 Å².